The minimum atomic E-state index is -3.23. The van der Waals surface area contributed by atoms with Crippen LogP contribution in [0.2, 0.25) is 0 Å². The SMILES string of the molecule is CCS(=O)(=O)c1nc(Br)cn1C(C)C. The van der Waals surface area contributed by atoms with E-state index >= 15 is 0 Å². The molecule has 0 saturated heterocycles. The zero-order valence-electron chi connectivity index (χ0n) is 8.36. The van der Waals surface area contributed by atoms with Crippen molar-refractivity contribution in [3.63, 3.8) is 0 Å². The Labute approximate surface area is 92.4 Å². The van der Waals surface area contributed by atoms with Crippen molar-refractivity contribution in [3.8, 4) is 0 Å². The van der Waals surface area contributed by atoms with Gasteiger partial charge in [0.05, 0.1) is 5.75 Å². The Balaban J connectivity index is 3.34. The molecule has 14 heavy (non-hydrogen) atoms. The Bertz CT molecular complexity index is 423. The molecule has 0 aliphatic heterocycles. The van der Waals surface area contributed by atoms with Gasteiger partial charge in [0, 0.05) is 12.2 Å². The highest BCUT2D eigenvalue weighted by atomic mass is 79.9. The number of rotatable bonds is 3. The number of sulfone groups is 1. The van der Waals surface area contributed by atoms with Gasteiger partial charge in [0.15, 0.2) is 0 Å². The van der Waals surface area contributed by atoms with Crippen molar-refractivity contribution in [2.24, 2.45) is 0 Å². The molecular formula is C8H13BrN2O2S. The van der Waals surface area contributed by atoms with Crippen LogP contribution in [0.4, 0.5) is 0 Å². The van der Waals surface area contributed by atoms with Gasteiger partial charge in [-0.3, -0.25) is 0 Å². The van der Waals surface area contributed by atoms with E-state index in [0.29, 0.717) is 4.60 Å². The van der Waals surface area contributed by atoms with Crippen LogP contribution in [0.25, 0.3) is 0 Å². The topological polar surface area (TPSA) is 52.0 Å². The first-order valence-electron chi connectivity index (χ1n) is 4.35. The van der Waals surface area contributed by atoms with Crippen molar-refractivity contribution in [1.82, 2.24) is 9.55 Å². The average Bonchev–Trinajstić information content (AvgIpc) is 2.48. The normalized spacial score (nSPS) is 12.4. The Morgan fingerprint density at radius 3 is 2.57 bits per heavy atom. The highest BCUT2D eigenvalue weighted by Gasteiger charge is 2.21. The van der Waals surface area contributed by atoms with Gasteiger partial charge in [-0.1, -0.05) is 6.92 Å². The van der Waals surface area contributed by atoms with Crippen LogP contribution in [0.1, 0.15) is 26.8 Å². The summed E-state index contributed by atoms with van der Waals surface area (Å²) in [6.07, 6.45) is 1.69. The first kappa shape index (κ1) is 11.7. The van der Waals surface area contributed by atoms with Crippen LogP contribution in [0, 0.1) is 0 Å². The van der Waals surface area contributed by atoms with Crippen LogP contribution in [-0.4, -0.2) is 23.7 Å². The molecule has 0 atom stereocenters. The fraction of sp³-hybridized carbons (Fsp3) is 0.625. The lowest BCUT2D eigenvalue weighted by Crippen LogP contribution is -2.13. The molecule has 0 fully saturated rings. The predicted molar refractivity (Wildman–Crippen MR) is 58.0 cm³/mol. The molecule has 0 N–H and O–H groups in total. The first-order valence-corrected chi connectivity index (χ1v) is 6.80. The maximum atomic E-state index is 11.6. The third-order valence-electron chi connectivity index (χ3n) is 1.88. The molecule has 0 saturated carbocycles. The molecule has 1 aromatic heterocycles. The van der Waals surface area contributed by atoms with Crippen molar-refractivity contribution < 1.29 is 8.42 Å². The lowest BCUT2D eigenvalue weighted by atomic mass is 10.4. The smallest absolute Gasteiger partial charge is 0.228 e. The number of imidazole rings is 1. The lowest BCUT2D eigenvalue weighted by Gasteiger charge is -2.10. The van der Waals surface area contributed by atoms with Crippen LogP contribution in [0.5, 0.6) is 0 Å². The van der Waals surface area contributed by atoms with Gasteiger partial charge in [-0.2, -0.15) is 0 Å². The fourth-order valence-electron chi connectivity index (χ4n) is 1.08. The van der Waals surface area contributed by atoms with Gasteiger partial charge in [0.2, 0.25) is 15.0 Å². The maximum Gasteiger partial charge on any atom is 0.228 e. The predicted octanol–water partition coefficient (Wildman–Crippen LogP) is 2.02. The van der Waals surface area contributed by atoms with E-state index in [-0.39, 0.29) is 17.0 Å². The summed E-state index contributed by atoms with van der Waals surface area (Å²) >= 11 is 3.18. The van der Waals surface area contributed by atoms with Gasteiger partial charge in [0.25, 0.3) is 0 Å². The number of hydrogen-bond donors (Lipinski definition) is 0. The zero-order valence-corrected chi connectivity index (χ0v) is 10.8. The van der Waals surface area contributed by atoms with Gasteiger partial charge in [-0.15, -0.1) is 0 Å². The van der Waals surface area contributed by atoms with E-state index in [9.17, 15) is 8.42 Å². The summed E-state index contributed by atoms with van der Waals surface area (Å²) in [6, 6.07) is 0.0881. The molecule has 80 valence electrons. The molecule has 1 heterocycles. The molecule has 0 unspecified atom stereocenters. The van der Waals surface area contributed by atoms with Crippen LogP contribution >= 0.6 is 15.9 Å². The molecule has 6 heteroatoms. The quantitative estimate of drug-likeness (QED) is 0.851. The molecular weight excluding hydrogens is 268 g/mol. The Morgan fingerprint density at radius 2 is 2.14 bits per heavy atom. The largest absolute Gasteiger partial charge is 0.318 e. The molecule has 4 nitrogen and oxygen atoms in total. The Kier molecular flexibility index (Phi) is 3.36. The summed E-state index contributed by atoms with van der Waals surface area (Å²) in [6.45, 7) is 5.45. The van der Waals surface area contributed by atoms with Crippen LogP contribution < -0.4 is 0 Å². The summed E-state index contributed by atoms with van der Waals surface area (Å²) in [7, 11) is -3.23. The second-order valence-corrected chi connectivity index (χ2v) is 6.24. The standard InChI is InChI=1S/C8H13BrN2O2S/c1-4-14(12,13)8-10-7(9)5-11(8)6(2)3/h5-6H,4H2,1-3H3. The van der Waals surface area contributed by atoms with E-state index in [1.165, 1.54) is 0 Å². The van der Waals surface area contributed by atoms with Gasteiger partial charge >= 0.3 is 0 Å². The maximum absolute atomic E-state index is 11.6. The third kappa shape index (κ3) is 2.17. The highest BCUT2D eigenvalue weighted by molar-refractivity contribution is 9.10. The monoisotopic (exact) mass is 280 g/mol. The van der Waals surface area contributed by atoms with Crippen molar-refractivity contribution in [2.45, 2.75) is 32.0 Å². The second-order valence-electron chi connectivity index (χ2n) is 3.25. The third-order valence-corrected chi connectivity index (χ3v) is 3.88. The van der Waals surface area contributed by atoms with E-state index in [4.69, 9.17) is 0 Å². The number of hydrogen-bond acceptors (Lipinski definition) is 3. The van der Waals surface area contributed by atoms with Gasteiger partial charge in [-0.25, -0.2) is 13.4 Å². The number of aromatic nitrogens is 2. The van der Waals surface area contributed by atoms with Crippen molar-refractivity contribution in [3.05, 3.63) is 10.8 Å². The van der Waals surface area contributed by atoms with Crippen molar-refractivity contribution >= 4 is 25.8 Å². The summed E-state index contributed by atoms with van der Waals surface area (Å²) in [5.74, 6) is 0.0726. The second kappa shape index (κ2) is 4.02. The van der Waals surface area contributed by atoms with E-state index in [2.05, 4.69) is 20.9 Å². The van der Waals surface area contributed by atoms with Crippen molar-refractivity contribution in [2.75, 3.05) is 5.75 Å². The van der Waals surface area contributed by atoms with Gasteiger partial charge < -0.3 is 4.57 Å². The molecule has 0 aromatic carbocycles. The highest BCUT2D eigenvalue weighted by Crippen LogP contribution is 2.19. The Morgan fingerprint density at radius 1 is 1.57 bits per heavy atom. The summed E-state index contributed by atoms with van der Waals surface area (Å²) < 4.78 is 25.5. The average molecular weight is 281 g/mol. The Hall–Kier alpha value is -0.360. The van der Waals surface area contributed by atoms with Crippen LogP contribution in [0.3, 0.4) is 0 Å². The molecule has 0 radical (unpaired) electrons. The first-order chi connectivity index (χ1) is 6.38. The van der Waals surface area contributed by atoms with Gasteiger partial charge in [-0.05, 0) is 29.8 Å². The zero-order chi connectivity index (χ0) is 10.9. The van der Waals surface area contributed by atoms with E-state index in [1.54, 1.807) is 17.7 Å². The van der Waals surface area contributed by atoms with E-state index in [0.717, 1.165) is 0 Å². The summed E-state index contributed by atoms with van der Waals surface area (Å²) in [5.41, 5.74) is 0. The fourth-order valence-corrected chi connectivity index (χ4v) is 2.66. The molecule has 1 rings (SSSR count). The molecule has 0 spiro atoms. The molecule has 1 aromatic rings. The van der Waals surface area contributed by atoms with Gasteiger partial charge in [0.1, 0.15) is 4.60 Å². The van der Waals surface area contributed by atoms with E-state index in [1.807, 2.05) is 13.8 Å². The summed E-state index contributed by atoms with van der Waals surface area (Å²) in [4.78, 5) is 3.97. The molecule has 0 aliphatic carbocycles. The minimum Gasteiger partial charge on any atom is -0.318 e. The summed E-state index contributed by atoms with van der Waals surface area (Å²) in [5, 5.41) is 0.141. The molecule has 0 bridgehead atoms. The molecule has 0 aliphatic rings. The van der Waals surface area contributed by atoms with E-state index < -0.39 is 9.84 Å². The van der Waals surface area contributed by atoms with Crippen LogP contribution in [-0.2, 0) is 9.84 Å². The van der Waals surface area contributed by atoms with Crippen molar-refractivity contribution in [1.29, 1.82) is 0 Å². The van der Waals surface area contributed by atoms with Crippen LogP contribution in [0.15, 0.2) is 16.0 Å². The lowest BCUT2D eigenvalue weighted by molar-refractivity contribution is 0.521. The number of halogens is 1. The number of nitrogens with zero attached hydrogens (tertiary/aromatic N) is 2. The molecule has 0 amide bonds. The minimum absolute atomic E-state index is 0.0726.